The Morgan fingerprint density at radius 3 is 2.70 bits per heavy atom. The summed E-state index contributed by atoms with van der Waals surface area (Å²) in [7, 11) is 0. The van der Waals surface area contributed by atoms with Gasteiger partial charge in [0, 0.05) is 16.6 Å². The molecule has 0 aliphatic carbocycles. The molecule has 0 saturated heterocycles. The van der Waals surface area contributed by atoms with Crippen LogP contribution in [0, 0.1) is 5.39 Å². The highest BCUT2D eigenvalue weighted by atomic mass is 79.9. The number of benzene rings is 1. The van der Waals surface area contributed by atoms with Gasteiger partial charge in [-0.2, -0.15) is 0 Å². The number of nitrogens with zero attached hydrogens (tertiary/aromatic N) is 2. The zero-order valence-electron chi connectivity index (χ0n) is 4.88. The topological polar surface area (TPSA) is 28.1 Å². The first-order valence-electron chi connectivity index (χ1n) is 2.54. The summed E-state index contributed by atoms with van der Waals surface area (Å²) < 4.78 is 0.726. The summed E-state index contributed by atoms with van der Waals surface area (Å²) in [6, 6.07) is 4.90. The zero-order chi connectivity index (χ0) is 7.56. The minimum absolute atomic E-state index is 0.483. The van der Waals surface area contributed by atoms with Crippen LogP contribution in [-0.2, 0) is 0 Å². The maximum absolute atomic E-state index is 8.31. The second-order valence-electron chi connectivity index (χ2n) is 1.70. The number of hydrogen-bond acceptors (Lipinski definition) is 1. The van der Waals surface area contributed by atoms with Gasteiger partial charge < -0.3 is 0 Å². The van der Waals surface area contributed by atoms with Crippen LogP contribution in [0.3, 0.4) is 0 Å². The molecular formula is C6H3BrClN2+. The highest BCUT2D eigenvalue weighted by molar-refractivity contribution is 9.10. The summed E-state index contributed by atoms with van der Waals surface area (Å²) in [6.07, 6.45) is 0. The van der Waals surface area contributed by atoms with E-state index in [-0.39, 0.29) is 0 Å². The van der Waals surface area contributed by atoms with Crippen LogP contribution in [-0.4, -0.2) is 0 Å². The van der Waals surface area contributed by atoms with Gasteiger partial charge in [0.2, 0.25) is 5.39 Å². The monoisotopic (exact) mass is 217 g/mol. The Morgan fingerprint density at radius 2 is 2.20 bits per heavy atom. The maximum Gasteiger partial charge on any atom is 0.386 e. The van der Waals surface area contributed by atoms with Gasteiger partial charge in [-0.15, -0.1) is 0 Å². The predicted octanol–water partition coefficient (Wildman–Crippen LogP) is 3.59. The zero-order valence-corrected chi connectivity index (χ0v) is 7.22. The van der Waals surface area contributed by atoms with Crippen molar-refractivity contribution in [1.82, 2.24) is 0 Å². The first-order chi connectivity index (χ1) is 4.74. The molecule has 0 amide bonds. The molecular weight excluding hydrogens is 215 g/mol. The minimum atomic E-state index is 0.483. The largest absolute Gasteiger partial charge is 0.386 e. The molecule has 0 aliphatic heterocycles. The fourth-order valence-corrected chi connectivity index (χ4v) is 1.03. The van der Waals surface area contributed by atoms with Crippen molar-refractivity contribution in [2.75, 3.05) is 0 Å². The van der Waals surface area contributed by atoms with Gasteiger partial charge >= 0.3 is 5.69 Å². The predicted molar refractivity (Wildman–Crippen MR) is 43.9 cm³/mol. The van der Waals surface area contributed by atoms with Crippen molar-refractivity contribution in [2.45, 2.75) is 0 Å². The number of hydrogen-bond donors (Lipinski definition) is 0. The molecule has 2 nitrogen and oxygen atoms in total. The summed E-state index contributed by atoms with van der Waals surface area (Å²) >= 11 is 8.85. The quantitative estimate of drug-likeness (QED) is 0.612. The van der Waals surface area contributed by atoms with Gasteiger partial charge in [0.05, 0.1) is 5.02 Å². The molecule has 0 spiro atoms. The van der Waals surface area contributed by atoms with E-state index in [1.165, 1.54) is 0 Å². The molecule has 0 N–H and O–H groups in total. The summed E-state index contributed by atoms with van der Waals surface area (Å²) in [5, 5.41) is 8.92. The third-order valence-corrected chi connectivity index (χ3v) is 2.23. The molecule has 0 unspecified atom stereocenters. The molecule has 1 aromatic rings. The SMILES string of the molecule is N#[N+]c1ccc(Cl)c(Br)c1. The molecule has 10 heavy (non-hydrogen) atoms. The fraction of sp³-hybridized carbons (Fsp3) is 0. The van der Waals surface area contributed by atoms with Crippen molar-refractivity contribution in [1.29, 1.82) is 5.39 Å². The summed E-state index contributed by atoms with van der Waals surface area (Å²) in [4.78, 5) is 2.98. The standard InChI is InChI=1S/C6H3BrClN2/c7-5-3-4(10-9)1-2-6(5)8/h1-3H/q+1. The van der Waals surface area contributed by atoms with E-state index in [2.05, 4.69) is 20.9 Å². The molecule has 0 heterocycles. The number of diazo groups is 1. The van der Waals surface area contributed by atoms with Crippen LogP contribution in [0.15, 0.2) is 22.7 Å². The minimum Gasteiger partial charge on any atom is -0.0831 e. The summed E-state index contributed by atoms with van der Waals surface area (Å²) in [5.74, 6) is 0. The number of halogens is 2. The lowest BCUT2D eigenvalue weighted by atomic mass is 10.3. The van der Waals surface area contributed by atoms with E-state index >= 15 is 0 Å². The van der Waals surface area contributed by atoms with Crippen molar-refractivity contribution in [3.8, 4) is 0 Å². The smallest absolute Gasteiger partial charge is 0.0831 e. The molecule has 0 saturated carbocycles. The Kier molecular flexibility index (Phi) is 2.25. The molecule has 4 heteroatoms. The Labute approximate surface area is 71.6 Å². The van der Waals surface area contributed by atoms with Crippen molar-refractivity contribution in [3.05, 3.63) is 32.7 Å². The van der Waals surface area contributed by atoms with Gasteiger partial charge in [0.25, 0.3) is 0 Å². The second-order valence-corrected chi connectivity index (χ2v) is 2.96. The van der Waals surface area contributed by atoms with Crippen molar-refractivity contribution < 1.29 is 0 Å². The van der Waals surface area contributed by atoms with Crippen LogP contribution >= 0.6 is 27.5 Å². The highest BCUT2D eigenvalue weighted by Crippen LogP contribution is 2.26. The second kappa shape index (κ2) is 3.00. The van der Waals surface area contributed by atoms with Crippen LogP contribution in [0.2, 0.25) is 5.02 Å². The van der Waals surface area contributed by atoms with Crippen LogP contribution in [0.1, 0.15) is 0 Å². The van der Waals surface area contributed by atoms with Gasteiger partial charge in [0.15, 0.2) is 4.98 Å². The first kappa shape index (κ1) is 7.52. The Bertz CT molecular complexity index is 292. The molecule has 1 aromatic carbocycles. The normalized spacial score (nSPS) is 8.90. The third kappa shape index (κ3) is 1.47. The molecule has 1 rings (SSSR count). The lowest BCUT2D eigenvalue weighted by molar-refractivity contribution is 1.46. The van der Waals surface area contributed by atoms with Gasteiger partial charge in [-0.1, -0.05) is 11.6 Å². The van der Waals surface area contributed by atoms with Gasteiger partial charge in [-0.25, -0.2) is 0 Å². The van der Waals surface area contributed by atoms with Gasteiger partial charge in [-0.3, -0.25) is 0 Å². The summed E-state index contributed by atoms with van der Waals surface area (Å²) in [6.45, 7) is 0. The van der Waals surface area contributed by atoms with Crippen LogP contribution in [0.25, 0.3) is 4.98 Å². The highest BCUT2D eigenvalue weighted by Gasteiger charge is 2.05. The Hall–Kier alpha value is -0.590. The van der Waals surface area contributed by atoms with E-state index in [0.717, 1.165) is 4.47 Å². The van der Waals surface area contributed by atoms with Crippen molar-refractivity contribution in [2.24, 2.45) is 0 Å². The van der Waals surface area contributed by atoms with E-state index in [9.17, 15) is 0 Å². The van der Waals surface area contributed by atoms with E-state index in [0.29, 0.717) is 10.7 Å². The molecule has 0 radical (unpaired) electrons. The average molecular weight is 218 g/mol. The first-order valence-corrected chi connectivity index (χ1v) is 3.71. The van der Waals surface area contributed by atoms with E-state index < -0.39 is 0 Å². The van der Waals surface area contributed by atoms with E-state index in [1.54, 1.807) is 18.2 Å². The van der Waals surface area contributed by atoms with Crippen molar-refractivity contribution >= 4 is 33.2 Å². The van der Waals surface area contributed by atoms with Crippen LogP contribution < -0.4 is 0 Å². The Morgan fingerprint density at radius 1 is 1.50 bits per heavy atom. The third-order valence-electron chi connectivity index (χ3n) is 1.02. The van der Waals surface area contributed by atoms with Gasteiger partial charge in [0.1, 0.15) is 0 Å². The fourth-order valence-electron chi connectivity index (χ4n) is 0.547. The molecule has 0 aromatic heterocycles. The molecule has 0 atom stereocenters. The molecule has 0 fully saturated rings. The molecule has 0 aliphatic rings. The van der Waals surface area contributed by atoms with Crippen LogP contribution in [0.4, 0.5) is 5.69 Å². The molecule has 50 valence electrons. The summed E-state index contributed by atoms with van der Waals surface area (Å²) in [5.41, 5.74) is 0.483. The maximum atomic E-state index is 8.31. The van der Waals surface area contributed by atoms with E-state index in [4.69, 9.17) is 17.0 Å². The lowest BCUT2D eigenvalue weighted by Gasteiger charge is -1.87. The van der Waals surface area contributed by atoms with Crippen molar-refractivity contribution in [3.63, 3.8) is 0 Å². The Balaban J connectivity index is 3.20. The average Bonchev–Trinajstić information content (AvgIpc) is 1.95. The number of rotatable bonds is 0. The lowest BCUT2D eigenvalue weighted by Crippen LogP contribution is -1.65. The molecule has 0 bridgehead atoms. The van der Waals surface area contributed by atoms with Gasteiger partial charge in [-0.05, 0) is 22.0 Å². The van der Waals surface area contributed by atoms with E-state index in [1.807, 2.05) is 0 Å². The van der Waals surface area contributed by atoms with Crippen LogP contribution in [0.5, 0.6) is 0 Å².